The highest BCUT2D eigenvalue weighted by Gasteiger charge is 2.22. The molecule has 184 valence electrons. The second kappa shape index (κ2) is 11.3. The summed E-state index contributed by atoms with van der Waals surface area (Å²) < 4.78 is 28.1. The van der Waals surface area contributed by atoms with Gasteiger partial charge in [0.05, 0.1) is 17.2 Å². The van der Waals surface area contributed by atoms with Crippen LogP contribution in [0.5, 0.6) is 0 Å². The molecule has 0 aliphatic carbocycles. The molecule has 2 aliphatic heterocycles. The van der Waals surface area contributed by atoms with Crippen LogP contribution in [0.2, 0.25) is 0 Å². The summed E-state index contributed by atoms with van der Waals surface area (Å²) in [6.07, 6.45) is 4.12. The molecule has 0 radical (unpaired) electrons. The van der Waals surface area contributed by atoms with Gasteiger partial charge in [0.1, 0.15) is 5.84 Å². The number of carbonyl (C=O) groups excluding carboxylic acids is 2. The Labute approximate surface area is 205 Å². The molecule has 2 aromatic carbocycles. The van der Waals surface area contributed by atoms with Crippen LogP contribution in [-0.2, 0) is 19.6 Å². The Kier molecular flexibility index (Phi) is 7.91. The first-order valence-electron chi connectivity index (χ1n) is 11.8. The molecule has 35 heavy (non-hydrogen) atoms. The van der Waals surface area contributed by atoms with Crippen molar-refractivity contribution in [2.45, 2.75) is 49.8 Å². The predicted octanol–water partition coefficient (Wildman–Crippen LogP) is 3.29. The number of sulfonamides is 1. The van der Waals surface area contributed by atoms with Crippen molar-refractivity contribution >= 4 is 39.1 Å². The molecule has 4 rings (SSSR count). The third-order valence-electron chi connectivity index (χ3n) is 5.82. The van der Waals surface area contributed by atoms with Gasteiger partial charge in [-0.3, -0.25) is 19.3 Å². The van der Waals surface area contributed by atoms with Gasteiger partial charge in [-0.2, -0.15) is 5.10 Å². The average molecular weight is 496 g/mol. The first kappa shape index (κ1) is 24.6. The maximum absolute atomic E-state index is 12.8. The monoisotopic (exact) mass is 495 g/mol. The molecule has 0 unspecified atom stereocenters. The number of benzene rings is 2. The molecule has 0 saturated carbocycles. The average Bonchev–Trinajstić information content (AvgIpc) is 3.22. The fourth-order valence-electron chi connectivity index (χ4n) is 3.96. The quantitative estimate of drug-likeness (QED) is 0.612. The Morgan fingerprint density at radius 3 is 2.60 bits per heavy atom. The van der Waals surface area contributed by atoms with Crippen molar-refractivity contribution < 1.29 is 18.0 Å². The molecule has 0 atom stereocenters. The van der Waals surface area contributed by atoms with Crippen LogP contribution >= 0.6 is 0 Å². The van der Waals surface area contributed by atoms with E-state index in [1.807, 2.05) is 30.3 Å². The summed E-state index contributed by atoms with van der Waals surface area (Å²) in [4.78, 5) is 29.3. The van der Waals surface area contributed by atoms with E-state index < -0.39 is 10.0 Å². The number of hydrazone groups is 1. The van der Waals surface area contributed by atoms with Gasteiger partial charge in [0.15, 0.2) is 0 Å². The van der Waals surface area contributed by atoms with E-state index in [-0.39, 0.29) is 29.6 Å². The van der Waals surface area contributed by atoms with Gasteiger partial charge in [-0.1, -0.05) is 42.8 Å². The topological polar surface area (TPSA) is 120 Å². The second-order valence-electron chi connectivity index (χ2n) is 8.50. The highest BCUT2D eigenvalue weighted by molar-refractivity contribution is 7.90. The lowest BCUT2D eigenvalue weighted by molar-refractivity contribution is -0.132. The van der Waals surface area contributed by atoms with E-state index in [2.05, 4.69) is 20.1 Å². The van der Waals surface area contributed by atoms with Crippen LogP contribution in [0.1, 0.15) is 50.5 Å². The fourth-order valence-corrected chi connectivity index (χ4v) is 5.09. The summed E-state index contributed by atoms with van der Waals surface area (Å²) in [5, 5.41) is 8.49. The van der Waals surface area contributed by atoms with E-state index in [0.717, 1.165) is 30.5 Å². The van der Waals surface area contributed by atoms with Gasteiger partial charge in [0, 0.05) is 37.9 Å². The zero-order chi connectivity index (χ0) is 24.7. The van der Waals surface area contributed by atoms with Crippen molar-refractivity contribution in [1.29, 1.82) is 0 Å². The largest absolute Gasteiger partial charge is 0.326 e. The third kappa shape index (κ3) is 6.75. The molecule has 2 aromatic rings. The molecule has 2 amide bonds. The van der Waals surface area contributed by atoms with Gasteiger partial charge in [0.2, 0.25) is 11.8 Å². The molecule has 2 heterocycles. The van der Waals surface area contributed by atoms with Gasteiger partial charge in [0.25, 0.3) is 10.0 Å². The lowest BCUT2D eigenvalue weighted by atomic mass is 10.1. The molecule has 10 heteroatoms. The molecule has 0 bridgehead atoms. The molecular formula is C25H29N5O4S. The third-order valence-corrected chi connectivity index (χ3v) is 7.20. The summed E-state index contributed by atoms with van der Waals surface area (Å²) >= 11 is 0. The maximum atomic E-state index is 12.8. The molecule has 0 spiro atoms. The number of nitrogens with one attached hydrogen (secondary N) is 2. The van der Waals surface area contributed by atoms with Crippen molar-refractivity contribution in [1.82, 2.24) is 9.73 Å². The van der Waals surface area contributed by atoms with Gasteiger partial charge in [-0.05, 0) is 36.6 Å². The molecule has 0 fully saturated rings. The number of aliphatic imine (C=N–C) groups is 1. The summed E-state index contributed by atoms with van der Waals surface area (Å²) in [7, 11) is -3.81. The van der Waals surface area contributed by atoms with Crippen molar-refractivity contribution in [3.05, 3.63) is 60.2 Å². The maximum Gasteiger partial charge on any atom is 0.262 e. The normalized spacial score (nSPS) is 16.2. The van der Waals surface area contributed by atoms with Gasteiger partial charge >= 0.3 is 0 Å². The Morgan fingerprint density at radius 2 is 1.77 bits per heavy atom. The van der Waals surface area contributed by atoms with E-state index in [4.69, 9.17) is 0 Å². The van der Waals surface area contributed by atoms with E-state index in [0.29, 0.717) is 37.5 Å². The Bertz CT molecular complexity index is 1240. The van der Waals surface area contributed by atoms with E-state index in [1.54, 1.807) is 12.1 Å². The highest BCUT2D eigenvalue weighted by atomic mass is 32.2. The highest BCUT2D eigenvalue weighted by Crippen LogP contribution is 2.18. The molecule has 2 N–H and O–H groups in total. The lowest BCUT2D eigenvalue weighted by Crippen LogP contribution is -2.30. The minimum atomic E-state index is -3.81. The van der Waals surface area contributed by atoms with Crippen molar-refractivity contribution in [2.75, 3.05) is 18.4 Å². The zero-order valence-corrected chi connectivity index (χ0v) is 20.3. The summed E-state index contributed by atoms with van der Waals surface area (Å²) in [6, 6.07) is 15.7. The number of amides is 2. The van der Waals surface area contributed by atoms with E-state index in [1.165, 1.54) is 17.1 Å². The minimum Gasteiger partial charge on any atom is -0.326 e. The molecule has 0 saturated heterocycles. The number of rotatable bonds is 7. The van der Waals surface area contributed by atoms with E-state index >= 15 is 0 Å². The predicted molar refractivity (Wildman–Crippen MR) is 135 cm³/mol. The number of hydrogen-bond donors (Lipinski definition) is 2. The van der Waals surface area contributed by atoms with Gasteiger partial charge in [-0.25, -0.2) is 13.4 Å². The van der Waals surface area contributed by atoms with Crippen molar-refractivity contribution in [2.24, 2.45) is 10.1 Å². The first-order chi connectivity index (χ1) is 16.9. The van der Waals surface area contributed by atoms with Crippen LogP contribution in [0.4, 0.5) is 5.69 Å². The molecule has 0 aromatic heterocycles. The smallest absolute Gasteiger partial charge is 0.262 e. The van der Waals surface area contributed by atoms with Crippen LogP contribution in [0, 0.1) is 0 Å². The number of amidine groups is 1. The SMILES string of the molecule is O=C(CCC(=O)N1CCC(c2ccccc2)=N1)Nc1cccc(S(=O)(=O)NC2=NCCCCC2)c1. The van der Waals surface area contributed by atoms with Crippen LogP contribution in [0.3, 0.4) is 0 Å². The van der Waals surface area contributed by atoms with Crippen LogP contribution in [0.15, 0.2) is 69.6 Å². The lowest BCUT2D eigenvalue weighted by Gasteiger charge is -2.12. The Hall–Kier alpha value is -3.53. The van der Waals surface area contributed by atoms with E-state index in [9.17, 15) is 18.0 Å². The zero-order valence-electron chi connectivity index (χ0n) is 19.4. The molecule has 9 nitrogen and oxygen atoms in total. The van der Waals surface area contributed by atoms with Gasteiger partial charge < -0.3 is 5.32 Å². The Morgan fingerprint density at radius 1 is 0.943 bits per heavy atom. The standard InChI is InChI=1S/C25H29N5O4S/c31-24(13-14-25(32)30-17-15-22(28-30)19-8-3-1-4-9-19)27-20-10-7-11-21(18-20)35(33,34)29-23-12-5-2-6-16-26-23/h1,3-4,7-11,18H,2,5-6,12-17H2,(H,26,29)(H,27,31). The molecular weight excluding hydrogens is 466 g/mol. The molecule has 2 aliphatic rings. The number of anilines is 1. The summed E-state index contributed by atoms with van der Waals surface area (Å²) in [5.74, 6) is -0.133. The van der Waals surface area contributed by atoms with Crippen molar-refractivity contribution in [3.63, 3.8) is 0 Å². The van der Waals surface area contributed by atoms with Crippen LogP contribution < -0.4 is 10.0 Å². The number of hydrogen-bond acceptors (Lipinski definition) is 6. The second-order valence-corrected chi connectivity index (χ2v) is 10.2. The minimum absolute atomic E-state index is 0.0107. The number of carbonyl (C=O) groups is 2. The first-order valence-corrected chi connectivity index (χ1v) is 13.3. The number of nitrogens with zero attached hydrogens (tertiary/aromatic N) is 3. The van der Waals surface area contributed by atoms with Crippen molar-refractivity contribution in [3.8, 4) is 0 Å². The van der Waals surface area contributed by atoms with Crippen LogP contribution in [0.25, 0.3) is 0 Å². The summed E-state index contributed by atoms with van der Waals surface area (Å²) in [6.45, 7) is 1.10. The fraction of sp³-hybridized carbons (Fsp3) is 0.360. The Balaban J connectivity index is 1.31. The van der Waals surface area contributed by atoms with Crippen LogP contribution in [-0.4, -0.2) is 49.9 Å². The van der Waals surface area contributed by atoms with Gasteiger partial charge in [-0.15, -0.1) is 0 Å². The summed E-state index contributed by atoms with van der Waals surface area (Å²) in [5.41, 5.74) is 2.18.